The first kappa shape index (κ1) is 19.6. The number of phenols is 1. The molecule has 0 aliphatic heterocycles. The van der Waals surface area contributed by atoms with E-state index >= 15 is 0 Å². The van der Waals surface area contributed by atoms with E-state index in [4.69, 9.17) is 9.90 Å². The number of rotatable bonds is 1. The van der Waals surface area contributed by atoms with Crippen LogP contribution in [0.5, 0.6) is 5.75 Å². The minimum atomic E-state index is -0.833. The van der Waals surface area contributed by atoms with Crippen molar-refractivity contribution >= 4 is 12.0 Å². The molecule has 2 aliphatic carbocycles. The fourth-order valence-electron chi connectivity index (χ4n) is 4.96. The Morgan fingerprint density at radius 2 is 1.80 bits per heavy atom. The summed E-state index contributed by atoms with van der Waals surface area (Å²) in [6.07, 6.45) is 8.56. The highest BCUT2D eigenvalue weighted by molar-refractivity contribution is 5.67. The summed E-state index contributed by atoms with van der Waals surface area (Å²) in [5.41, 5.74) is 4.41. The maximum atomic E-state index is 10.3. The Balaban J connectivity index is 0.000000511. The number of carboxylic acid groups (broad SMARTS) is 1. The number of benzene rings is 1. The number of fused-ring (bicyclic) bond motifs is 3. The van der Waals surface area contributed by atoms with Crippen LogP contribution in [0.2, 0.25) is 0 Å². The third kappa shape index (κ3) is 3.61. The third-order valence-corrected chi connectivity index (χ3v) is 5.96. The molecule has 3 nitrogen and oxygen atoms in total. The van der Waals surface area contributed by atoms with E-state index in [0.29, 0.717) is 23.0 Å². The number of aromatic hydroxyl groups is 1. The van der Waals surface area contributed by atoms with E-state index in [1.54, 1.807) is 0 Å². The first-order chi connectivity index (χ1) is 11.5. The van der Waals surface area contributed by atoms with Gasteiger partial charge in [0, 0.05) is 12.5 Å². The van der Waals surface area contributed by atoms with Gasteiger partial charge in [0.05, 0.1) is 0 Å². The Bertz CT molecular complexity index is 681. The summed E-state index contributed by atoms with van der Waals surface area (Å²) < 4.78 is 0. The number of hydrogen-bond acceptors (Lipinski definition) is 2. The molecule has 138 valence electrons. The largest absolute Gasteiger partial charge is 0.508 e. The van der Waals surface area contributed by atoms with Gasteiger partial charge in [0.2, 0.25) is 0 Å². The van der Waals surface area contributed by atoms with Crippen LogP contribution >= 0.6 is 0 Å². The van der Waals surface area contributed by atoms with Crippen molar-refractivity contribution < 1.29 is 15.0 Å². The van der Waals surface area contributed by atoms with Gasteiger partial charge in [-0.05, 0) is 52.7 Å². The quantitative estimate of drug-likeness (QED) is 0.685. The molecule has 0 spiro atoms. The molecule has 0 amide bonds. The van der Waals surface area contributed by atoms with E-state index in [2.05, 4.69) is 52.8 Å². The standard InChI is InChI=1S/C20H28O.C2H4O2/c1-13(2)18-14-7-10-17-19(3,4)11-6-12-20(17,5)15(14)8-9-16(18)21;1-2(3)4/h7-10,13,17,21H,6,11-12H2,1-5H3;1H3,(H,3,4)/t17-,20+;/m0./s1. The van der Waals surface area contributed by atoms with Crippen molar-refractivity contribution in [2.75, 3.05) is 0 Å². The molecule has 0 radical (unpaired) electrons. The Labute approximate surface area is 151 Å². The van der Waals surface area contributed by atoms with E-state index in [1.807, 2.05) is 6.07 Å². The summed E-state index contributed by atoms with van der Waals surface area (Å²) in [7, 11) is 0. The molecule has 1 fully saturated rings. The SMILES string of the molecule is CC(=O)O.CC(C)c1c(O)ccc2c1C=C[C@H]1C(C)(C)CCC[C@]21C. The third-order valence-electron chi connectivity index (χ3n) is 5.96. The molecule has 0 bridgehead atoms. The van der Waals surface area contributed by atoms with Crippen molar-refractivity contribution in [2.45, 2.75) is 72.1 Å². The molecular formula is C22H32O3. The van der Waals surface area contributed by atoms with Gasteiger partial charge in [0.25, 0.3) is 5.97 Å². The average Bonchev–Trinajstić information content (AvgIpc) is 2.44. The first-order valence-corrected chi connectivity index (χ1v) is 9.25. The van der Waals surface area contributed by atoms with E-state index in [9.17, 15) is 5.11 Å². The zero-order valence-electron chi connectivity index (χ0n) is 16.4. The number of carbonyl (C=O) groups is 1. The van der Waals surface area contributed by atoms with E-state index < -0.39 is 5.97 Å². The van der Waals surface area contributed by atoms with Crippen molar-refractivity contribution in [1.29, 1.82) is 0 Å². The van der Waals surface area contributed by atoms with Crippen LogP contribution in [0.4, 0.5) is 0 Å². The molecule has 3 rings (SSSR count). The van der Waals surface area contributed by atoms with Gasteiger partial charge in [-0.2, -0.15) is 0 Å². The Hall–Kier alpha value is -1.77. The van der Waals surface area contributed by atoms with Crippen molar-refractivity contribution in [3.05, 3.63) is 34.9 Å². The summed E-state index contributed by atoms with van der Waals surface area (Å²) in [5, 5.41) is 17.7. The smallest absolute Gasteiger partial charge is 0.300 e. The normalized spacial score (nSPS) is 26.3. The van der Waals surface area contributed by atoms with Crippen LogP contribution in [0.15, 0.2) is 18.2 Å². The first-order valence-electron chi connectivity index (χ1n) is 9.25. The van der Waals surface area contributed by atoms with Crippen LogP contribution in [0.25, 0.3) is 6.08 Å². The van der Waals surface area contributed by atoms with Crippen LogP contribution in [-0.2, 0) is 10.2 Å². The molecular weight excluding hydrogens is 312 g/mol. The van der Waals surface area contributed by atoms with Gasteiger partial charge in [-0.25, -0.2) is 0 Å². The molecule has 0 saturated heterocycles. The minimum absolute atomic E-state index is 0.211. The number of carboxylic acids is 1. The zero-order valence-corrected chi connectivity index (χ0v) is 16.4. The number of aliphatic carboxylic acids is 1. The van der Waals surface area contributed by atoms with Crippen LogP contribution < -0.4 is 0 Å². The molecule has 1 saturated carbocycles. The fraction of sp³-hybridized carbons (Fsp3) is 0.591. The van der Waals surface area contributed by atoms with Gasteiger partial charge < -0.3 is 10.2 Å². The lowest BCUT2D eigenvalue weighted by molar-refractivity contribution is -0.134. The fourth-order valence-corrected chi connectivity index (χ4v) is 4.96. The van der Waals surface area contributed by atoms with Gasteiger partial charge in [-0.1, -0.05) is 59.3 Å². The summed E-state index contributed by atoms with van der Waals surface area (Å²) in [5.74, 6) is 0.558. The number of allylic oxidation sites excluding steroid dienone is 1. The number of phenolic OH excluding ortho intramolecular Hbond substituents is 1. The molecule has 0 aromatic heterocycles. The summed E-state index contributed by atoms with van der Waals surface area (Å²) in [6, 6.07) is 4.09. The van der Waals surface area contributed by atoms with E-state index in [-0.39, 0.29) is 5.41 Å². The molecule has 1 aromatic carbocycles. The monoisotopic (exact) mass is 344 g/mol. The highest BCUT2D eigenvalue weighted by atomic mass is 16.4. The molecule has 3 heteroatoms. The van der Waals surface area contributed by atoms with Crippen LogP contribution in [0, 0.1) is 11.3 Å². The maximum Gasteiger partial charge on any atom is 0.300 e. The topological polar surface area (TPSA) is 57.5 Å². The van der Waals surface area contributed by atoms with Crippen molar-refractivity contribution in [1.82, 2.24) is 0 Å². The van der Waals surface area contributed by atoms with Crippen molar-refractivity contribution in [2.24, 2.45) is 11.3 Å². The molecule has 2 aliphatic rings. The molecule has 2 atom stereocenters. The van der Waals surface area contributed by atoms with Gasteiger partial charge in [0.15, 0.2) is 0 Å². The van der Waals surface area contributed by atoms with E-state index in [0.717, 1.165) is 12.5 Å². The van der Waals surface area contributed by atoms with Gasteiger partial charge in [-0.15, -0.1) is 0 Å². The Morgan fingerprint density at radius 1 is 1.20 bits per heavy atom. The number of hydrogen-bond donors (Lipinski definition) is 2. The minimum Gasteiger partial charge on any atom is -0.508 e. The van der Waals surface area contributed by atoms with Gasteiger partial charge >= 0.3 is 0 Å². The zero-order chi connectivity index (χ0) is 19.0. The Kier molecular flexibility index (Phi) is 5.36. The predicted octanol–water partition coefficient (Wildman–Crippen LogP) is 5.72. The van der Waals surface area contributed by atoms with Crippen LogP contribution in [0.1, 0.15) is 83.4 Å². The second-order valence-corrected chi connectivity index (χ2v) is 8.73. The molecule has 2 N–H and O–H groups in total. The van der Waals surface area contributed by atoms with Crippen molar-refractivity contribution in [3.63, 3.8) is 0 Å². The van der Waals surface area contributed by atoms with Gasteiger partial charge in [-0.3, -0.25) is 4.79 Å². The molecule has 25 heavy (non-hydrogen) atoms. The predicted molar refractivity (Wildman–Crippen MR) is 103 cm³/mol. The lowest BCUT2D eigenvalue weighted by Crippen LogP contribution is -2.45. The maximum absolute atomic E-state index is 10.3. The van der Waals surface area contributed by atoms with Gasteiger partial charge in [0.1, 0.15) is 5.75 Å². The Morgan fingerprint density at radius 3 is 2.36 bits per heavy atom. The highest BCUT2D eigenvalue weighted by Gasteiger charge is 2.48. The average molecular weight is 344 g/mol. The second kappa shape index (κ2) is 6.86. The van der Waals surface area contributed by atoms with Crippen LogP contribution in [-0.4, -0.2) is 16.2 Å². The van der Waals surface area contributed by atoms with Crippen LogP contribution in [0.3, 0.4) is 0 Å². The van der Waals surface area contributed by atoms with Crippen molar-refractivity contribution in [3.8, 4) is 5.75 Å². The summed E-state index contributed by atoms with van der Waals surface area (Å²) in [6.45, 7) is 12.7. The van der Waals surface area contributed by atoms with E-state index in [1.165, 1.54) is 30.4 Å². The molecule has 1 aromatic rings. The lowest BCUT2D eigenvalue weighted by Gasteiger charge is -2.52. The lowest BCUT2D eigenvalue weighted by atomic mass is 9.52. The summed E-state index contributed by atoms with van der Waals surface area (Å²) >= 11 is 0. The highest BCUT2D eigenvalue weighted by Crippen LogP contribution is 2.56. The molecule has 0 unspecified atom stereocenters. The molecule has 0 heterocycles. The summed E-state index contributed by atoms with van der Waals surface area (Å²) in [4.78, 5) is 9.00. The second-order valence-electron chi connectivity index (χ2n) is 8.73.